The molecule has 0 fully saturated rings. The Labute approximate surface area is 120 Å². The zero-order chi connectivity index (χ0) is 14.0. The number of nitrogens with zero attached hydrogens (tertiary/aromatic N) is 2. The second kappa shape index (κ2) is 6.02. The number of nitrogens with one attached hydrogen (secondary N) is 1. The molecule has 0 spiro atoms. The van der Waals surface area contributed by atoms with Crippen molar-refractivity contribution in [2.75, 3.05) is 6.54 Å². The lowest BCUT2D eigenvalue weighted by molar-refractivity contribution is -0.121. The van der Waals surface area contributed by atoms with Crippen molar-refractivity contribution in [3.63, 3.8) is 0 Å². The van der Waals surface area contributed by atoms with Crippen molar-refractivity contribution in [2.24, 2.45) is 16.6 Å². The van der Waals surface area contributed by atoms with Crippen LogP contribution in [0.3, 0.4) is 0 Å². The van der Waals surface area contributed by atoms with Gasteiger partial charge in [0.1, 0.15) is 6.54 Å². The number of carbonyl (C=O) groups excluding carboxylic acids is 3. The summed E-state index contributed by atoms with van der Waals surface area (Å²) in [4.78, 5) is 36.1. The molecule has 0 radical (unpaired) electrons. The quantitative estimate of drug-likeness (QED) is 0.285. The first-order valence-corrected chi connectivity index (χ1v) is 5.33. The molecule has 1 aromatic carbocycles. The predicted octanol–water partition coefficient (Wildman–Crippen LogP) is -0.991. The number of hydrogen-bond donors (Lipinski definition) is 3. The Bertz CT molecular complexity index is 562. The first-order chi connectivity index (χ1) is 9.00. The van der Waals surface area contributed by atoms with Crippen molar-refractivity contribution in [2.45, 2.75) is 0 Å². The van der Waals surface area contributed by atoms with Crippen LogP contribution >= 0.6 is 12.4 Å². The van der Waals surface area contributed by atoms with Crippen molar-refractivity contribution in [1.29, 1.82) is 0 Å². The Morgan fingerprint density at radius 3 is 2.10 bits per heavy atom. The van der Waals surface area contributed by atoms with E-state index in [1.807, 2.05) is 5.43 Å². The molecule has 3 amide bonds. The number of benzene rings is 1. The van der Waals surface area contributed by atoms with Crippen LogP contribution in [0, 0.1) is 0 Å². The van der Waals surface area contributed by atoms with Crippen LogP contribution in [0.1, 0.15) is 20.7 Å². The van der Waals surface area contributed by atoms with E-state index in [9.17, 15) is 14.4 Å². The van der Waals surface area contributed by atoms with Crippen LogP contribution in [-0.4, -0.2) is 35.1 Å². The first-order valence-electron chi connectivity index (χ1n) is 5.33. The van der Waals surface area contributed by atoms with Crippen molar-refractivity contribution in [1.82, 2.24) is 10.3 Å². The molecule has 0 atom stereocenters. The van der Waals surface area contributed by atoms with E-state index in [0.29, 0.717) is 0 Å². The van der Waals surface area contributed by atoms with E-state index in [0.717, 1.165) is 4.90 Å². The molecule has 0 saturated carbocycles. The lowest BCUT2D eigenvalue weighted by atomic mass is 10.1. The van der Waals surface area contributed by atoms with Crippen molar-refractivity contribution in [3.05, 3.63) is 35.4 Å². The van der Waals surface area contributed by atoms with E-state index in [1.54, 1.807) is 12.1 Å². The fraction of sp³-hybridized carbons (Fsp3) is 0.0909. The number of nitrogens with two attached hydrogens (primary N) is 2. The highest BCUT2D eigenvalue weighted by Crippen LogP contribution is 2.21. The average Bonchev–Trinajstić information content (AvgIpc) is 2.62. The monoisotopic (exact) mass is 297 g/mol. The summed E-state index contributed by atoms with van der Waals surface area (Å²) in [7, 11) is 0. The maximum atomic E-state index is 11.9. The minimum absolute atomic E-state index is 0. The van der Waals surface area contributed by atoms with E-state index in [1.165, 1.54) is 12.1 Å². The van der Waals surface area contributed by atoms with Gasteiger partial charge in [0, 0.05) is 0 Å². The van der Waals surface area contributed by atoms with Crippen LogP contribution in [0.4, 0.5) is 0 Å². The largest absolute Gasteiger partial charge is 0.369 e. The minimum Gasteiger partial charge on any atom is -0.369 e. The number of carbonyl (C=O) groups is 3. The zero-order valence-corrected chi connectivity index (χ0v) is 11.0. The molecule has 5 N–H and O–H groups in total. The molecule has 0 aromatic heterocycles. The highest BCUT2D eigenvalue weighted by molar-refractivity contribution is 6.22. The topological polar surface area (TPSA) is 131 Å². The van der Waals surface area contributed by atoms with Crippen LogP contribution in [0.25, 0.3) is 0 Å². The molecule has 8 nitrogen and oxygen atoms in total. The first kappa shape index (κ1) is 15.4. The summed E-state index contributed by atoms with van der Waals surface area (Å²) < 4.78 is 0. The van der Waals surface area contributed by atoms with Crippen LogP contribution < -0.4 is 16.9 Å². The number of hydrogen-bond acceptors (Lipinski definition) is 4. The van der Waals surface area contributed by atoms with Gasteiger partial charge in [-0.05, 0) is 12.1 Å². The van der Waals surface area contributed by atoms with Gasteiger partial charge in [-0.1, -0.05) is 12.1 Å². The molecule has 1 aromatic rings. The maximum Gasteiger partial charge on any atom is 0.262 e. The summed E-state index contributed by atoms with van der Waals surface area (Å²) >= 11 is 0. The summed E-state index contributed by atoms with van der Waals surface area (Å²) in [6.45, 7) is -0.441. The highest BCUT2D eigenvalue weighted by Gasteiger charge is 2.36. The number of hydrazone groups is 1. The van der Waals surface area contributed by atoms with E-state index in [2.05, 4.69) is 5.10 Å². The van der Waals surface area contributed by atoms with Gasteiger partial charge in [0.15, 0.2) is 0 Å². The smallest absolute Gasteiger partial charge is 0.262 e. The molecule has 1 heterocycles. The molecule has 106 valence electrons. The van der Waals surface area contributed by atoms with Gasteiger partial charge >= 0.3 is 0 Å². The van der Waals surface area contributed by atoms with Gasteiger partial charge in [0.25, 0.3) is 17.7 Å². The molecule has 20 heavy (non-hydrogen) atoms. The van der Waals surface area contributed by atoms with Gasteiger partial charge in [-0.2, -0.15) is 0 Å². The number of amides is 3. The third-order valence-electron chi connectivity index (χ3n) is 2.49. The fourth-order valence-electron chi connectivity index (χ4n) is 1.69. The second-order valence-corrected chi connectivity index (χ2v) is 3.81. The molecule has 0 aliphatic carbocycles. The van der Waals surface area contributed by atoms with Gasteiger partial charge in [0.2, 0.25) is 5.96 Å². The van der Waals surface area contributed by atoms with Crippen molar-refractivity contribution in [3.8, 4) is 0 Å². The Balaban J connectivity index is 0.00000200. The van der Waals surface area contributed by atoms with E-state index in [4.69, 9.17) is 11.5 Å². The average molecular weight is 298 g/mol. The lowest BCUT2D eigenvalue weighted by Crippen LogP contribution is -2.40. The molecule has 0 unspecified atom stereocenters. The van der Waals surface area contributed by atoms with E-state index in [-0.39, 0.29) is 29.5 Å². The van der Waals surface area contributed by atoms with Crippen LogP contribution in [0.2, 0.25) is 0 Å². The predicted molar refractivity (Wildman–Crippen MR) is 73.0 cm³/mol. The molecular formula is C11H12ClN5O3. The van der Waals surface area contributed by atoms with Crippen LogP contribution in [0.15, 0.2) is 29.4 Å². The summed E-state index contributed by atoms with van der Waals surface area (Å²) in [5, 5.41) is 3.29. The third kappa shape index (κ3) is 2.86. The van der Waals surface area contributed by atoms with Crippen molar-refractivity contribution < 1.29 is 14.4 Å². The number of rotatable bonds is 3. The SMILES string of the molecule is Cl.NC(N)=NNC(=O)CN1C(=O)c2ccccc2C1=O. The molecule has 9 heteroatoms. The van der Waals surface area contributed by atoms with Gasteiger partial charge in [0.05, 0.1) is 11.1 Å². The summed E-state index contributed by atoms with van der Waals surface area (Å²) in [6, 6.07) is 6.35. The summed E-state index contributed by atoms with van der Waals surface area (Å²) in [6.07, 6.45) is 0. The molecule has 1 aliphatic rings. The fourth-order valence-corrected chi connectivity index (χ4v) is 1.69. The number of halogens is 1. The normalized spacial score (nSPS) is 12.5. The Kier molecular flexibility index (Phi) is 4.65. The highest BCUT2D eigenvalue weighted by atomic mass is 35.5. The van der Waals surface area contributed by atoms with Gasteiger partial charge < -0.3 is 11.5 Å². The van der Waals surface area contributed by atoms with Gasteiger partial charge in [-0.3, -0.25) is 19.3 Å². The molecule has 0 saturated heterocycles. The van der Waals surface area contributed by atoms with Crippen LogP contribution in [-0.2, 0) is 4.79 Å². The summed E-state index contributed by atoms with van der Waals surface area (Å²) in [5.41, 5.74) is 12.7. The van der Waals surface area contributed by atoms with E-state index < -0.39 is 24.3 Å². The molecular weight excluding hydrogens is 286 g/mol. The summed E-state index contributed by atoms with van der Waals surface area (Å²) in [5.74, 6) is -2.01. The van der Waals surface area contributed by atoms with Crippen molar-refractivity contribution >= 4 is 36.1 Å². The Morgan fingerprint density at radius 2 is 1.65 bits per heavy atom. The molecule has 0 bridgehead atoms. The molecule has 2 rings (SSSR count). The number of fused-ring (bicyclic) bond motifs is 1. The third-order valence-corrected chi connectivity index (χ3v) is 2.49. The van der Waals surface area contributed by atoms with Gasteiger partial charge in [-0.25, -0.2) is 5.43 Å². The minimum atomic E-state index is -0.664. The van der Waals surface area contributed by atoms with Crippen LogP contribution in [0.5, 0.6) is 0 Å². The lowest BCUT2D eigenvalue weighted by Gasteiger charge is -2.11. The standard InChI is InChI=1S/C11H11N5O3.ClH/c12-11(13)15-14-8(17)5-16-9(18)6-3-1-2-4-7(6)10(16)19;/h1-4H,5H2,(H,14,17)(H4,12,13,15);1H. The maximum absolute atomic E-state index is 11.9. The zero-order valence-electron chi connectivity index (χ0n) is 10.2. The van der Waals surface area contributed by atoms with Gasteiger partial charge in [-0.15, -0.1) is 17.5 Å². The Morgan fingerprint density at radius 1 is 1.15 bits per heavy atom. The Hall–Kier alpha value is -2.61. The number of guanidine groups is 1. The number of imide groups is 1. The molecule has 1 aliphatic heterocycles. The van der Waals surface area contributed by atoms with E-state index >= 15 is 0 Å². The second-order valence-electron chi connectivity index (χ2n) is 3.81.